The van der Waals surface area contributed by atoms with E-state index in [-0.39, 0.29) is 23.5 Å². The lowest BCUT2D eigenvalue weighted by atomic mass is 10.2. The summed E-state index contributed by atoms with van der Waals surface area (Å²) in [5, 5.41) is 16.2. The van der Waals surface area contributed by atoms with Crippen LogP contribution in [0.4, 0.5) is 15.8 Å². The zero-order valence-corrected chi connectivity index (χ0v) is 12.9. The van der Waals surface area contributed by atoms with E-state index in [9.17, 15) is 19.3 Å². The summed E-state index contributed by atoms with van der Waals surface area (Å²) in [7, 11) is 1.40. The predicted molar refractivity (Wildman–Crippen MR) is 86.9 cm³/mol. The molecular formula is C16H16FN3O4. The molecule has 2 aromatic rings. The van der Waals surface area contributed by atoms with Gasteiger partial charge in [-0.2, -0.15) is 0 Å². The third-order valence-corrected chi connectivity index (χ3v) is 3.22. The molecule has 0 heterocycles. The molecule has 126 valence electrons. The molecule has 0 aliphatic carbocycles. The number of hydrogen-bond donors (Lipinski definition) is 2. The van der Waals surface area contributed by atoms with Crippen molar-refractivity contribution in [3.05, 3.63) is 64.0 Å². The van der Waals surface area contributed by atoms with Crippen molar-refractivity contribution in [2.45, 2.75) is 0 Å². The Kier molecular flexibility index (Phi) is 5.67. The Morgan fingerprint density at radius 2 is 1.92 bits per heavy atom. The molecule has 0 atom stereocenters. The number of carbonyl (C=O) groups excluding carboxylic acids is 1. The minimum absolute atomic E-state index is 0.00653. The Morgan fingerprint density at radius 3 is 2.54 bits per heavy atom. The van der Waals surface area contributed by atoms with Crippen LogP contribution in [0.1, 0.15) is 10.4 Å². The molecule has 2 rings (SSSR count). The number of nitrogens with zero attached hydrogens (tertiary/aromatic N) is 1. The number of halogens is 1. The minimum Gasteiger partial charge on any atom is -0.496 e. The monoisotopic (exact) mass is 333 g/mol. The van der Waals surface area contributed by atoms with Crippen molar-refractivity contribution in [2.75, 3.05) is 25.5 Å². The second-order valence-electron chi connectivity index (χ2n) is 4.83. The molecule has 2 N–H and O–H groups in total. The van der Waals surface area contributed by atoms with E-state index in [1.54, 1.807) is 12.1 Å². The molecule has 0 saturated carbocycles. The van der Waals surface area contributed by atoms with E-state index in [0.717, 1.165) is 6.07 Å². The topological polar surface area (TPSA) is 93.5 Å². The lowest BCUT2D eigenvalue weighted by Gasteiger charge is -2.10. The van der Waals surface area contributed by atoms with Crippen molar-refractivity contribution >= 4 is 17.3 Å². The Hall–Kier alpha value is -3.16. The highest BCUT2D eigenvalue weighted by atomic mass is 19.1. The number of nitro groups is 1. The van der Waals surface area contributed by atoms with E-state index in [2.05, 4.69) is 10.6 Å². The fraction of sp³-hybridized carbons (Fsp3) is 0.188. The Balaban J connectivity index is 1.85. The van der Waals surface area contributed by atoms with Gasteiger partial charge in [0.15, 0.2) is 0 Å². The van der Waals surface area contributed by atoms with Crippen molar-refractivity contribution in [1.29, 1.82) is 0 Å². The molecule has 0 fully saturated rings. The van der Waals surface area contributed by atoms with Gasteiger partial charge in [0.1, 0.15) is 11.6 Å². The molecule has 0 aliphatic heterocycles. The van der Waals surface area contributed by atoms with Crippen LogP contribution in [0.15, 0.2) is 42.5 Å². The molecule has 0 unspecified atom stereocenters. The summed E-state index contributed by atoms with van der Waals surface area (Å²) in [6.07, 6.45) is 0. The van der Waals surface area contributed by atoms with Gasteiger partial charge in [0.05, 0.1) is 17.6 Å². The van der Waals surface area contributed by atoms with E-state index in [1.807, 2.05) is 0 Å². The minimum atomic E-state index is -0.523. The van der Waals surface area contributed by atoms with Crippen LogP contribution >= 0.6 is 0 Å². The molecule has 8 heteroatoms. The van der Waals surface area contributed by atoms with E-state index in [4.69, 9.17) is 4.74 Å². The van der Waals surface area contributed by atoms with E-state index in [1.165, 1.54) is 31.4 Å². The lowest BCUT2D eigenvalue weighted by molar-refractivity contribution is -0.384. The SMILES string of the molecule is COc1ccc(F)cc1C(=O)NCCNc1ccc([N+](=O)[O-])cc1. The van der Waals surface area contributed by atoms with Gasteiger partial charge in [0.25, 0.3) is 11.6 Å². The molecule has 0 radical (unpaired) electrons. The maximum absolute atomic E-state index is 13.2. The van der Waals surface area contributed by atoms with Gasteiger partial charge in [-0.1, -0.05) is 0 Å². The number of hydrogen-bond acceptors (Lipinski definition) is 5. The number of nitrogens with one attached hydrogen (secondary N) is 2. The standard InChI is InChI=1S/C16H16FN3O4/c1-24-15-7-2-11(17)10-14(15)16(21)19-9-8-18-12-3-5-13(6-4-12)20(22)23/h2-7,10,18H,8-9H2,1H3,(H,19,21). The molecule has 1 amide bonds. The van der Waals surface area contributed by atoms with Crippen LogP contribution in [-0.2, 0) is 0 Å². The summed E-state index contributed by atoms with van der Waals surface area (Å²) >= 11 is 0. The number of rotatable bonds is 7. The third-order valence-electron chi connectivity index (χ3n) is 3.22. The van der Waals surface area contributed by atoms with Crippen molar-refractivity contribution in [3.63, 3.8) is 0 Å². The van der Waals surface area contributed by atoms with Crippen LogP contribution in [-0.4, -0.2) is 31.0 Å². The number of benzene rings is 2. The average Bonchev–Trinajstić information content (AvgIpc) is 2.58. The zero-order chi connectivity index (χ0) is 17.5. The van der Waals surface area contributed by atoms with Crippen LogP contribution in [0.2, 0.25) is 0 Å². The zero-order valence-electron chi connectivity index (χ0n) is 12.9. The first kappa shape index (κ1) is 17.2. The number of amides is 1. The third kappa shape index (κ3) is 4.42. The van der Waals surface area contributed by atoms with Crippen molar-refractivity contribution in [3.8, 4) is 5.75 Å². The normalized spacial score (nSPS) is 10.1. The van der Waals surface area contributed by atoms with Gasteiger partial charge >= 0.3 is 0 Å². The molecule has 24 heavy (non-hydrogen) atoms. The second-order valence-corrected chi connectivity index (χ2v) is 4.83. The Bertz CT molecular complexity index is 735. The van der Waals surface area contributed by atoms with Crippen LogP contribution in [0, 0.1) is 15.9 Å². The summed E-state index contributed by atoms with van der Waals surface area (Å²) in [5.74, 6) is -0.681. The van der Waals surface area contributed by atoms with Gasteiger partial charge < -0.3 is 15.4 Å². The molecule has 0 aliphatic rings. The number of nitro benzene ring substituents is 1. The van der Waals surface area contributed by atoms with Gasteiger partial charge in [-0.25, -0.2) is 4.39 Å². The summed E-state index contributed by atoms with van der Waals surface area (Å²) in [6, 6.07) is 9.64. The summed E-state index contributed by atoms with van der Waals surface area (Å²) in [5.41, 5.74) is 0.818. The maximum atomic E-state index is 13.2. The number of anilines is 1. The fourth-order valence-corrected chi connectivity index (χ4v) is 2.04. The van der Waals surface area contributed by atoms with Crippen LogP contribution in [0.25, 0.3) is 0 Å². The average molecular weight is 333 g/mol. The summed E-state index contributed by atoms with van der Waals surface area (Å²) < 4.78 is 18.3. The smallest absolute Gasteiger partial charge is 0.269 e. The van der Waals surface area contributed by atoms with Crippen LogP contribution < -0.4 is 15.4 Å². The lowest BCUT2D eigenvalue weighted by Crippen LogP contribution is -2.29. The maximum Gasteiger partial charge on any atom is 0.269 e. The first-order valence-electron chi connectivity index (χ1n) is 7.11. The molecule has 0 saturated heterocycles. The molecule has 0 aromatic heterocycles. The highest BCUT2D eigenvalue weighted by molar-refractivity contribution is 5.96. The Labute approximate surface area is 137 Å². The number of ether oxygens (including phenoxy) is 1. The van der Waals surface area contributed by atoms with E-state index >= 15 is 0 Å². The predicted octanol–water partition coefficient (Wildman–Crippen LogP) is 2.58. The molecule has 0 bridgehead atoms. The fourth-order valence-electron chi connectivity index (χ4n) is 2.04. The molecule has 7 nitrogen and oxygen atoms in total. The first-order valence-corrected chi connectivity index (χ1v) is 7.11. The van der Waals surface area contributed by atoms with Crippen molar-refractivity contribution in [1.82, 2.24) is 5.32 Å². The first-order chi connectivity index (χ1) is 11.5. The summed E-state index contributed by atoms with van der Waals surface area (Å²) in [4.78, 5) is 22.1. The van der Waals surface area contributed by atoms with Crippen LogP contribution in [0.5, 0.6) is 5.75 Å². The molecule has 2 aromatic carbocycles. The van der Waals surface area contributed by atoms with Gasteiger partial charge in [-0.05, 0) is 30.3 Å². The highest BCUT2D eigenvalue weighted by Gasteiger charge is 2.12. The van der Waals surface area contributed by atoms with E-state index < -0.39 is 16.6 Å². The Morgan fingerprint density at radius 1 is 1.21 bits per heavy atom. The second kappa shape index (κ2) is 7.91. The quantitative estimate of drug-likeness (QED) is 0.461. The van der Waals surface area contributed by atoms with Gasteiger partial charge in [-0.15, -0.1) is 0 Å². The van der Waals surface area contributed by atoms with Gasteiger partial charge in [0.2, 0.25) is 0 Å². The molecular weight excluding hydrogens is 317 g/mol. The highest BCUT2D eigenvalue weighted by Crippen LogP contribution is 2.19. The van der Waals surface area contributed by atoms with Crippen molar-refractivity contribution < 1.29 is 18.8 Å². The molecule has 0 spiro atoms. The van der Waals surface area contributed by atoms with Gasteiger partial charge in [-0.3, -0.25) is 14.9 Å². The van der Waals surface area contributed by atoms with E-state index in [0.29, 0.717) is 12.2 Å². The van der Waals surface area contributed by atoms with Gasteiger partial charge in [0, 0.05) is 30.9 Å². The number of non-ortho nitro benzene ring substituents is 1. The largest absolute Gasteiger partial charge is 0.496 e. The van der Waals surface area contributed by atoms with Crippen LogP contribution in [0.3, 0.4) is 0 Å². The number of methoxy groups -OCH3 is 1. The van der Waals surface area contributed by atoms with Crippen molar-refractivity contribution in [2.24, 2.45) is 0 Å². The number of carbonyl (C=O) groups is 1. The summed E-state index contributed by atoms with van der Waals surface area (Å²) in [6.45, 7) is 0.691.